The molecule has 2 aliphatic rings. The van der Waals surface area contributed by atoms with Crippen molar-refractivity contribution in [2.45, 2.75) is 51.8 Å². The monoisotopic (exact) mass is 607 g/mol. The van der Waals surface area contributed by atoms with Crippen LogP contribution in [-0.4, -0.2) is 59.2 Å². The van der Waals surface area contributed by atoms with Crippen LogP contribution in [0.25, 0.3) is 0 Å². The van der Waals surface area contributed by atoms with Gasteiger partial charge in [0.1, 0.15) is 4.90 Å². The average Bonchev–Trinajstić information content (AvgIpc) is 3.47. The summed E-state index contributed by atoms with van der Waals surface area (Å²) in [5.74, 6) is 0. The zero-order chi connectivity index (χ0) is 28.4. The van der Waals surface area contributed by atoms with Crippen molar-refractivity contribution >= 4 is 29.9 Å². The maximum Gasteiger partial charge on any atom is 0.511 e. The molecule has 210 valence electrons. The minimum Gasteiger partial charge on any atom is -0.244 e. The Labute approximate surface area is 213 Å². The second-order valence-corrected chi connectivity index (χ2v) is 14.4. The van der Waals surface area contributed by atoms with Crippen molar-refractivity contribution < 1.29 is 51.6 Å². The summed E-state index contributed by atoms with van der Waals surface area (Å²) in [7, 11) is -15.1. The van der Waals surface area contributed by atoms with Crippen LogP contribution in [0.1, 0.15) is 24.8 Å². The number of pyridine rings is 1. The van der Waals surface area contributed by atoms with E-state index in [0.29, 0.717) is 12.1 Å². The minimum absolute atomic E-state index is 0.0375. The first kappa shape index (κ1) is 28.7. The van der Waals surface area contributed by atoms with Gasteiger partial charge in [0.15, 0.2) is 5.03 Å². The number of rotatable bonds is 6. The second kappa shape index (κ2) is 9.14. The molecule has 1 atom stereocenters. The van der Waals surface area contributed by atoms with Gasteiger partial charge in [-0.15, -0.1) is 0 Å². The number of halogens is 6. The van der Waals surface area contributed by atoms with E-state index in [4.69, 9.17) is 0 Å². The third kappa shape index (κ3) is 5.15. The van der Waals surface area contributed by atoms with Crippen LogP contribution >= 0.6 is 0 Å². The molecule has 1 saturated heterocycles. The first-order chi connectivity index (χ1) is 17.3. The van der Waals surface area contributed by atoms with E-state index in [1.807, 2.05) is 0 Å². The number of aromatic nitrogens is 1. The van der Waals surface area contributed by atoms with Crippen LogP contribution < -0.4 is 4.72 Å². The largest absolute Gasteiger partial charge is 0.511 e. The highest BCUT2D eigenvalue weighted by Crippen LogP contribution is 2.55. The molecule has 1 aliphatic heterocycles. The third-order valence-electron chi connectivity index (χ3n) is 6.60. The van der Waals surface area contributed by atoms with Gasteiger partial charge in [0.25, 0.3) is 0 Å². The van der Waals surface area contributed by atoms with Gasteiger partial charge in [-0.2, -0.15) is 30.6 Å². The minimum atomic E-state index is -5.61. The summed E-state index contributed by atoms with van der Waals surface area (Å²) in [5, 5.41) is -0.675. The topological polar surface area (TPSA) is 131 Å². The summed E-state index contributed by atoms with van der Waals surface area (Å²) in [5.41, 5.74) is -7.84. The van der Waals surface area contributed by atoms with E-state index in [1.165, 1.54) is 12.1 Å². The van der Waals surface area contributed by atoms with E-state index < -0.39 is 73.4 Å². The predicted octanol–water partition coefficient (Wildman–Crippen LogP) is 2.92. The summed E-state index contributed by atoms with van der Waals surface area (Å²) < 4.78 is 157. The van der Waals surface area contributed by atoms with E-state index >= 15 is 0 Å². The van der Waals surface area contributed by atoms with Crippen molar-refractivity contribution in [3.05, 3.63) is 48.2 Å². The Morgan fingerprint density at radius 3 is 2.05 bits per heavy atom. The molecule has 0 amide bonds. The molecule has 9 nitrogen and oxygen atoms in total. The molecule has 18 heteroatoms. The Bertz CT molecular complexity index is 1550. The third-order valence-corrected chi connectivity index (χ3v) is 11.6. The number of nitrogens with zero attached hydrogens (tertiary/aromatic N) is 2. The average molecular weight is 608 g/mol. The molecule has 2 heterocycles. The van der Waals surface area contributed by atoms with Gasteiger partial charge in [0, 0.05) is 25.3 Å². The molecule has 1 unspecified atom stereocenters. The van der Waals surface area contributed by atoms with Gasteiger partial charge in [-0.25, -0.2) is 35.0 Å². The van der Waals surface area contributed by atoms with Crippen molar-refractivity contribution in [1.29, 1.82) is 0 Å². The fraction of sp³-hybridized carbons (Fsp3) is 0.450. The van der Waals surface area contributed by atoms with Crippen molar-refractivity contribution in [3.63, 3.8) is 0 Å². The Balaban J connectivity index is 1.64. The van der Waals surface area contributed by atoms with Crippen molar-refractivity contribution in [1.82, 2.24) is 14.0 Å². The number of hydrogen-bond donors (Lipinski definition) is 1. The molecule has 0 radical (unpaired) electrons. The Hall–Kier alpha value is -2.28. The zero-order valence-electron chi connectivity index (χ0n) is 19.0. The SMILES string of the molecule is O=S(=O)(c1ccccn1)c1cc(C(F)(F)F)ccc1S(=O)(=O)N1CCC2(CC1)CC2NS(=O)(=O)C(F)(F)F. The van der Waals surface area contributed by atoms with Crippen LogP contribution in [0.4, 0.5) is 26.3 Å². The van der Waals surface area contributed by atoms with Crippen LogP contribution in [0.3, 0.4) is 0 Å². The molecular weight excluding hydrogens is 588 g/mol. The molecule has 0 bridgehead atoms. The number of hydrogen-bond acceptors (Lipinski definition) is 7. The molecule has 4 rings (SSSR count). The molecule has 1 aromatic heterocycles. The highest BCUT2D eigenvalue weighted by atomic mass is 32.2. The van der Waals surface area contributed by atoms with Crippen LogP contribution in [-0.2, 0) is 36.1 Å². The Morgan fingerprint density at radius 2 is 1.53 bits per heavy atom. The van der Waals surface area contributed by atoms with Crippen LogP contribution in [0.15, 0.2) is 57.4 Å². The lowest BCUT2D eigenvalue weighted by Crippen LogP contribution is -2.44. The van der Waals surface area contributed by atoms with Gasteiger partial charge < -0.3 is 0 Å². The Kier molecular flexibility index (Phi) is 6.91. The van der Waals surface area contributed by atoms with Crippen molar-refractivity contribution in [2.24, 2.45) is 5.41 Å². The maximum atomic E-state index is 13.4. The number of nitrogens with one attached hydrogen (secondary N) is 1. The smallest absolute Gasteiger partial charge is 0.244 e. The number of piperidine rings is 1. The van der Waals surface area contributed by atoms with Crippen molar-refractivity contribution in [2.75, 3.05) is 13.1 Å². The first-order valence-corrected chi connectivity index (χ1v) is 15.2. The lowest BCUT2D eigenvalue weighted by atomic mass is 9.94. The summed E-state index contributed by atoms with van der Waals surface area (Å²) in [4.78, 5) is 1.57. The molecule has 1 spiro atoms. The van der Waals surface area contributed by atoms with Crippen LogP contribution in [0, 0.1) is 5.41 Å². The molecule has 2 aromatic rings. The Morgan fingerprint density at radius 1 is 0.895 bits per heavy atom. The quantitative estimate of drug-likeness (QED) is 0.500. The van der Waals surface area contributed by atoms with E-state index in [9.17, 15) is 51.6 Å². The van der Waals surface area contributed by atoms with Crippen LogP contribution in [0.5, 0.6) is 0 Å². The second-order valence-electron chi connectivity index (χ2n) is 8.92. The van der Waals surface area contributed by atoms with Gasteiger partial charge in [0.2, 0.25) is 19.9 Å². The highest BCUT2D eigenvalue weighted by Gasteiger charge is 2.60. The summed E-state index contributed by atoms with van der Waals surface area (Å²) in [6.07, 6.45) is -3.99. The summed E-state index contributed by atoms with van der Waals surface area (Å²) >= 11 is 0. The van der Waals surface area contributed by atoms with Crippen LogP contribution in [0.2, 0.25) is 0 Å². The lowest BCUT2D eigenvalue weighted by Gasteiger charge is -2.32. The molecule has 1 aliphatic carbocycles. The maximum absolute atomic E-state index is 13.4. The fourth-order valence-corrected chi connectivity index (χ4v) is 8.64. The van der Waals surface area contributed by atoms with Crippen molar-refractivity contribution in [3.8, 4) is 0 Å². The van der Waals surface area contributed by atoms with E-state index in [-0.39, 0.29) is 38.4 Å². The number of alkyl halides is 6. The molecule has 1 N–H and O–H groups in total. The van der Waals surface area contributed by atoms with Gasteiger partial charge in [0.05, 0.1) is 10.5 Å². The zero-order valence-corrected chi connectivity index (χ0v) is 21.4. The lowest BCUT2D eigenvalue weighted by molar-refractivity contribution is -0.137. The predicted molar refractivity (Wildman–Crippen MR) is 118 cm³/mol. The number of sulfone groups is 1. The standard InChI is InChI=1S/C20H19F6N3O6S3/c21-19(22,23)13-4-5-14(15(11-13)36(30,31)17-3-1-2-8-27-17)37(32,33)29-9-6-18(7-10-29)12-16(18)28-38(34,35)20(24,25)26/h1-5,8,11,16,28H,6-7,9-10,12H2. The normalized spacial score (nSPS) is 20.9. The molecule has 1 aromatic carbocycles. The van der Waals surface area contributed by atoms with Gasteiger partial charge in [-0.1, -0.05) is 6.07 Å². The highest BCUT2D eigenvalue weighted by molar-refractivity contribution is 7.93. The summed E-state index contributed by atoms with van der Waals surface area (Å²) in [6, 6.07) is 3.72. The molecule has 2 fully saturated rings. The van der Waals surface area contributed by atoms with E-state index in [2.05, 4.69) is 4.98 Å². The van der Waals surface area contributed by atoms with Gasteiger partial charge in [-0.3, -0.25) is 0 Å². The molecule has 38 heavy (non-hydrogen) atoms. The molecular formula is C20H19F6N3O6S3. The van der Waals surface area contributed by atoms with E-state index in [1.54, 1.807) is 4.72 Å². The first-order valence-electron chi connectivity index (χ1n) is 10.8. The number of sulfonamides is 2. The van der Waals surface area contributed by atoms with Gasteiger partial charge >= 0.3 is 21.7 Å². The molecule has 1 saturated carbocycles. The summed E-state index contributed by atoms with van der Waals surface area (Å²) in [6.45, 7) is -0.645. The van der Waals surface area contributed by atoms with E-state index in [0.717, 1.165) is 16.6 Å². The van der Waals surface area contributed by atoms with Gasteiger partial charge in [-0.05, 0) is 55.0 Å². The number of benzene rings is 1. The fourth-order valence-electron chi connectivity index (χ4n) is 4.36.